The maximum absolute atomic E-state index is 11.8. The molecule has 0 fully saturated rings. The summed E-state index contributed by atoms with van der Waals surface area (Å²) in [5.41, 5.74) is 7.30. The number of benzene rings is 2. The molecule has 0 saturated heterocycles. The molecule has 2 aromatic carbocycles. The minimum atomic E-state index is -0.618. The van der Waals surface area contributed by atoms with E-state index < -0.39 is 11.9 Å². The topological polar surface area (TPSA) is 84.2 Å². The molecule has 0 heterocycles. The number of halogens is 1. The van der Waals surface area contributed by atoms with Gasteiger partial charge in [-0.3, -0.25) is 10.1 Å². The number of urea groups is 1. The summed E-state index contributed by atoms with van der Waals surface area (Å²) in [4.78, 5) is 23.4. The Balaban J connectivity index is 1.86. The van der Waals surface area contributed by atoms with Crippen LogP contribution in [0, 0.1) is 0 Å². The maximum atomic E-state index is 11.8. The molecule has 0 aliphatic rings. The highest BCUT2D eigenvalue weighted by Crippen LogP contribution is 2.10. The van der Waals surface area contributed by atoms with E-state index in [9.17, 15) is 9.59 Å². The van der Waals surface area contributed by atoms with E-state index in [0.717, 1.165) is 5.56 Å². The van der Waals surface area contributed by atoms with Crippen molar-refractivity contribution in [2.75, 3.05) is 5.73 Å². The Morgan fingerprint density at radius 3 is 2.27 bits per heavy atom. The maximum Gasteiger partial charge on any atom is 0.325 e. The second kappa shape index (κ2) is 7.28. The number of carbonyl (C=O) groups is 2. The lowest BCUT2D eigenvalue weighted by molar-refractivity contribution is 0.0965. The van der Waals surface area contributed by atoms with E-state index >= 15 is 0 Å². The summed E-state index contributed by atoms with van der Waals surface area (Å²) in [5, 5.41) is 5.29. The number of carbonyl (C=O) groups excluding carboxylic acids is 2. The molecule has 0 aliphatic heterocycles. The third-order valence-electron chi connectivity index (χ3n) is 2.76. The van der Waals surface area contributed by atoms with Crippen LogP contribution in [-0.2, 0) is 0 Å². The van der Waals surface area contributed by atoms with Crippen molar-refractivity contribution in [3.63, 3.8) is 0 Å². The lowest BCUT2D eigenvalue weighted by atomic mass is 10.2. The molecule has 0 aliphatic carbocycles. The first-order chi connectivity index (χ1) is 10.5. The Labute approximate surface area is 132 Å². The van der Waals surface area contributed by atoms with E-state index in [2.05, 4.69) is 10.6 Å². The van der Waals surface area contributed by atoms with Gasteiger partial charge in [0.25, 0.3) is 5.91 Å². The van der Waals surface area contributed by atoms with Gasteiger partial charge in [0.1, 0.15) is 0 Å². The van der Waals surface area contributed by atoms with Crippen molar-refractivity contribution in [1.29, 1.82) is 0 Å². The first-order valence-electron chi connectivity index (χ1n) is 6.44. The van der Waals surface area contributed by atoms with Crippen LogP contribution in [0.5, 0.6) is 0 Å². The van der Waals surface area contributed by atoms with E-state index in [4.69, 9.17) is 17.3 Å². The summed E-state index contributed by atoms with van der Waals surface area (Å²) in [7, 11) is 0. The van der Waals surface area contributed by atoms with Crippen LogP contribution in [0.15, 0.2) is 54.7 Å². The number of hydrogen-bond donors (Lipinski definition) is 3. The number of anilines is 1. The molecule has 4 N–H and O–H groups in total. The fourth-order valence-corrected chi connectivity index (χ4v) is 1.76. The van der Waals surface area contributed by atoms with Crippen LogP contribution in [0.3, 0.4) is 0 Å². The minimum absolute atomic E-state index is 0.353. The third-order valence-corrected chi connectivity index (χ3v) is 3.01. The average Bonchev–Trinajstić information content (AvgIpc) is 2.50. The van der Waals surface area contributed by atoms with Crippen molar-refractivity contribution >= 4 is 35.3 Å². The Morgan fingerprint density at radius 2 is 1.64 bits per heavy atom. The van der Waals surface area contributed by atoms with E-state index in [1.807, 2.05) is 0 Å². The number of nitrogen functional groups attached to an aromatic ring is 1. The fraction of sp³-hybridized carbons (Fsp3) is 0. The predicted molar refractivity (Wildman–Crippen MR) is 87.3 cm³/mol. The summed E-state index contributed by atoms with van der Waals surface area (Å²) < 4.78 is 0. The summed E-state index contributed by atoms with van der Waals surface area (Å²) in [6.45, 7) is 0. The van der Waals surface area contributed by atoms with Gasteiger partial charge in [0.15, 0.2) is 0 Å². The van der Waals surface area contributed by atoms with Gasteiger partial charge in [0.05, 0.1) is 0 Å². The van der Waals surface area contributed by atoms with Crippen molar-refractivity contribution < 1.29 is 9.59 Å². The second-order valence-corrected chi connectivity index (χ2v) is 4.87. The van der Waals surface area contributed by atoms with E-state index in [1.54, 1.807) is 54.6 Å². The van der Waals surface area contributed by atoms with Crippen LogP contribution in [0.4, 0.5) is 10.5 Å². The van der Waals surface area contributed by atoms with Gasteiger partial charge in [-0.05, 0) is 48.0 Å². The van der Waals surface area contributed by atoms with Gasteiger partial charge < -0.3 is 11.1 Å². The molecule has 0 spiro atoms. The number of hydrogen-bond acceptors (Lipinski definition) is 3. The van der Waals surface area contributed by atoms with Gasteiger partial charge in [0.2, 0.25) is 0 Å². The summed E-state index contributed by atoms with van der Waals surface area (Å²) in [6, 6.07) is 12.7. The molecule has 0 aromatic heterocycles. The monoisotopic (exact) mass is 315 g/mol. The van der Waals surface area contributed by atoms with Crippen LogP contribution in [0.1, 0.15) is 15.9 Å². The first-order valence-corrected chi connectivity index (χ1v) is 6.82. The lowest BCUT2D eigenvalue weighted by Gasteiger charge is -2.04. The zero-order valence-electron chi connectivity index (χ0n) is 11.5. The second-order valence-electron chi connectivity index (χ2n) is 4.43. The van der Waals surface area contributed by atoms with Crippen molar-refractivity contribution in [2.45, 2.75) is 0 Å². The van der Waals surface area contributed by atoms with Gasteiger partial charge in [-0.25, -0.2) is 4.79 Å². The summed E-state index contributed by atoms with van der Waals surface area (Å²) >= 11 is 5.77. The number of amides is 3. The molecular formula is C16H14ClN3O2. The van der Waals surface area contributed by atoms with Crippen LogP contribution in [-0.4, -0.2) is 11.9 Å². The van der Waals surface area contributed by atoms with Crippen molar-refractivity contribution in [3.8, 4) is 0 Å². The molecule has 5 nitrogen and oxygen atoms in total. The van der Waals surface area contributed by atoms with Gasteiger partial charge >= 0.3 is 6.03 Å². The van der Waals surface area contributed by atoms with Crippen molar-refractivity contribution in [1.82, 2.24) is 10.6 Å². The Kier molecular flexibility index (Phi) is 5.16. The largest absolute Gasteiger partial charge is 0.399 e. The van der Waals surface area contributed by atoms with Crippen LogP contribution in [0.2, 0.25) is 5.02 Å². The minimum Gasteiger partial charge on any atom is -0.399 e. The molecule has 0 atom stereocenters. The fourth-order valence-electron chi connectivity index (χ4n) is 1.63. The van der Waals surface area contributed by atoms with Gasteiger partial charge in [-0.1, -0.05) is 23.7 Å². The molecule has 2 aromatic rings. The smallest absolute Gasteiger partial charge is 0.325 e. The zero-order chi connectivity index (χ0) is 15.9. The van der Waals surface area contributed by atoms with Crippen LogP contribution >= 0.6 is 11.6 Å². The number of nitrogens with one attached hydrogen (secondary N) is 2. The highest BCUT2D eigenvalue weighted by atomic mass is 35.5. The molecule has 3 amide bonds. The molecule has 22 heavy (non-hydrogen) atoms. The quantitative estimate of drug-likeness (QED) is 0.761. The highest BCUT2D eigenvalue weighted by molar-refractivity contribution is 6.30. The third kappa shape index (κ3) is 4.64. The van der Waals surface area contributed by atoms with Gasteiger partial charge in [-0.15, -0.1) is 0 Å². The van der Waals surface area contributed by atoms with Gasteiger partial charge in [0, 0.05) is 22.5 Å². The first kappa shape index (κ1) is 15.6. The number of rotatable bonds is 3. The molecule has 6 heteroatoms. The SMILES string of the molecule is Nc1ccc(C(=O)NC(=O)N/C=C/c2ccc(Cl)cc2)cc1. The zero-order valence-corrected chi connectivity index (χ0v) is 12.3. The molecule has 112 valence electrons. The summed E-state index contributed by atoms with van der Waals surface area (Å²) in [5.74, 6) is -0.502. The molecule has 0 saturated carbocycles. The van der Waals surface area contributed by atoms with Crippen molar-refractivity contribution in [3.05, 3.63) is 70.9 Å². The highest BCUT2D eigenvalue weighted by Gasteiger charge is 2.08. The Morgan fingerprint density at radius 1 is 1.00 bits per heavy atom. The van der Waals surface area contributed by atoms with Crippen LogP contribution < -0.4 is 16.4 Å². The lowest BCUT2D eigenvalue weighted by Crippen LogP contribution is -2.36. The number of nitrogens with two attached hydrogens (primary N) is 1. The Hall–Kier alpha value is -2.79. The average molecular weight is 316 g/mol. The van der Waals surface area contributed by atoms with E-state index in [-0.39, 0.29) is 0 Å². The standard InChI is InChI=1S/C16H14ClN3O2/c17-13-5-1-11(2-6-13)9-10-19-16(22)20-15(21)12-3-7-14(18)8-4-12/h1-10H,18H2,(H2,19,20,21,22)/b10-9+. The summed E-state index contributed by atoms with van der Waals surface area (Å²) in [6.07, 6.45) is 3.12. The molecule has 0 unspecified atom stereocenters. The Bertz CT molecular complexity index is 694. The number of imide groups is 1. The van der Waals surface area contributed by atoms with Crippen LogP contribution in [0.25, 0.3) is 6.08 Å². The molecule has 2 rings (SSSR count). The predicted octanol–water partition coefficient (Wildman–Crippen LogP) is 3.03. The van der Waals surface area contributed by atoms with Gasteiger partial charge in [-0.2, -0.15) is 0 Å². The van der Waals surface area contributed by atoms with E-state index in [0.29, 0.717) is 16.3 Å². The normalized spacial score (nSPS) is 10.4. The molecule has 0 bridgehead atoms. The van der Waals surface area contributed by atoms with E-state index in [1.165, 1.54) is 6.20 Å². The molecular weight excluding hydrogens is 302 g/mol. The van der Waals surface area contributed by atoms with Crippen molar-refractivity contribution in [2.24, 2.45) is 0 Å². The molecule has 0 radical (unpaired) electrons.